The molecule has 9 nitrogen and oxygen atoms in total. The summed E-state index contributed by atoms with van der Waals surface area (Å²) in [6.45, 7) is 1.51. The highest BCUT2D eigenvalue weighted by Crippen LogP contribution is 2.40. The van der Waals surface area contributed by atoms with Crippen LogP contribution in [0, 0.1) is 27.2 Å². The van der Waals surface area contributed by atoms with Gasteiger partial charge in [-0.3, -0.25) is 20.2 Å². The van der Waals surface area contributed by atoms with Gasteiger partial charge in [-0.2, -0.15) is 0 Å². The van der Waals surface area contributed by atoms with E-state index in [-0.39, 0.29) is 18.5 Å². The number of aryl methyl sites for hydroxylation is 1. The third kappa shape index (κ3) is 3.22. The summed E-state index contributed by atoms with van der Waals surface area (Å²) in [7, 11) is 0. The molecule has 1 saturated carbocycles. The van der Waals surface area contributed by atoms with Gasteiger partial charge in [0.2, 0.25) is 0 Å². The van der Waals surface area contributed by atoms with E-state index in [2.05, 4.69) is 5.32 Å². The first-order valence-corrected chi connectivity index (χ1v) is 7.22. The van der Waals surface area contributed by atoms with E-state index in [1.165, 1.54) is 19.1 Å². The molecule has 2 rings (SSSR count). The van der Waals surface area contributed by atoms with Crippen molar-refractivity contribution in [2.24, 2.45) is 0 Å². The number of nitro benzene ring substituents is 2. The Kier molecular flexibility index (Phi) is 4.48. The van der Waals surface area contributed by atoms with Gasteiger partial charge in [0.25, 0.3) is 11.4 Å². The highest BCUT2D eigenvalue weighted by atomic mass is 16.6. The molecule has 1 aromatic rings. The van der Waals surface area contributed by atoms with Crippen molar-refractivity contribution < 1.29 is 19.7 Å². The summed E-state index contributed by atoms with van der Waals surface area (Å²) in [5, 5.41) is 34.7. The van der Waals surface area contributed by atoms with Crippen LogP contribution in [0.4, 0.5) is 17.1 Å². The molecule has 23 heavy (non-hydrogen) atoms. The predicted molar refractivity (Wildman–Crippen MR) is 81.6 cm³/mol. The Morgan fingerprint density at radius 3 is 2.00 bits per heavy atom. The third-order valence-electron chi connectivity index (χ3n) is 4.12. The zero-order chi connectivity index (χ0) is 17.2. The molecule has 0 unspecified atom stereocenters. The van der Waals surface area contributed by atoms with E-state index in [1.807, 2.05) is 0 Å². The van der Waals surface area contributed by atoms with Crippen molar-refractivity contribution >= 4 is 23.0 Å². The summed E-state index contributed by atoms with van der Waals surface area (Å²) in [6.07, 6.45) is 2.70. The Balaban J connectivity index is 2.58. The molecule has 124 valence electrons. The first-order valence-electron chi connectivity index (χ1n) is 7.22. The molecule has 9 heteroatoms. The van der Waals surface area contributed by atoms with Crippen molar-refractivity contribution in [1.82, 2.24) is 0 Å². The summed E-state index contributed by atoms with van der Waals surface area (Å²) >= 11 is 0. The monoisotopic (exact) mass is 323 g/mol. The summed E-state index contributed by atoms with van der Waals surface area (Å²) in [5.74, 6) is -1.15. The topological polar surface area (TPSA) is 136 Å². The van der Waals surface area contributed by atoms with Crippen LogP contribution in [0.25, 0.3) is 0 Å². The second kappa shape index (κ2) is 6.19. The van der Waals surface area contributed by atoms with Crippen LogP contribution in [0.1, 0.15) is 37.7 Å². The molecule has 2 N–H and O–H groups in total. The number of carboxylic acids is 1. The average molecular weight is 323 g/mol. The van der Waals surface area contributed by atoms with E-state index in [9.17, 15) is 30.1 Å². The van der Waals surface area contributed by atoms with Gasteiger partial charge in [-0.25, -0.2) is 4.79 Å². The minimum absolute atomic E-state index is 0.268. The number of hydrogen-bond acceptors (Lipinski definition) is 6. The van der Waals surface area contributed by atoms with Gasteiger partial charge < -0.3 is 10.4 Å². The molecule has 0 heterocycles. The molecule has 0 aliphatic heterocycles. The molecule has 0 saturated heterocycles. The van der Waals surface area contributed by atoms with Gasteiger partial charge >= 0.3 is 5.97 Å². The van der Waals surface area contributed by atoms with Gasteiger partial charge in [0, 0.05) is 12.1 Å². The number of nitrogens with zero attached hydrogens (tertiary/aromatic N) is 2. The van der Waals surface area contributed by atoms with Crippen LogP contribution in [-0.4, -0.2) is 26.5 Å². The van der Waals surface area contributed by atoms with Gasteiger partial charge in [-0.05, 0) is 25.3 Å². The van der Waals surface area contributed by atoms with Gasteiger partial charge in [0.05, 0.1) is 9.85 Å². The highest BCUT2D eigenvalue weighted by molar-refractivity contribution is 5.86. The maximum atomic E-state index is 11.7. The molecular weight excluding hydrogens is 306 g/mol. The van der Waals surface area contributed by atoms with Crippen LogP contribution in [0.3, 0.4) is 0 Å². The van der Waals surface area contributed by atoms with Crippen LogP contribution in [0.2, 0.25) is 0 Å². The fourth-order valence-electron chi connectivity index (χ4n) is 2.95. The number of aliphatic carboxylic acids is 1. The van der Waals surface area contributed by atoms with Crippen LogP contribution in [0.15, 0.2) is 12.1 Å². The predicted octanol–water partition coefficient (Wildman–Crippen LogP) is 3.01. The number of nitrogens with one attached hydrogen (secondary N) is 1. The molecule has 0 radical (unpaired) electrons. The zero-order valence-corrected chi connectivity index (χ0v) is 12.6. The normalized spacial score (nSPS) is 16.6. The largest absolute Gasteiger partial charge is 0.480 e. The van der Waals surface area contributed by atoms with E-state index >= 15 is 0 Å². The number of carbonyl (C=O) groups is 1. The Morgan fingerprint density at radius 1 is 1.13 bits per heavy atom. The summed E-state index contributed by atoms with van der Waals surface area (Å²) in [6, 6.07) is 2.40. The maximum Gasteiger partial charge on any atom is 0.329 e. The van der Waals surface area contributed by atoms with Crippen LogP contribution < -0.4 is 5.32 Å². The first-order chi connectivity index (χ1) is 10.8. The molecule has 1 fully saturated rings. The summed E-state index contributed by atoms with van der Waals surface area (Å²) in [4.78, 5) is 32.8. The van der Waals surface area contributed by atoms with E-state index in [0.717, 1.165) is 6.42 Å². The third-order valence-corrected chi connectivity index (χ3v) is 4.12. The fraction of sp³-hybridized carbons (Fsp3) is 0.500. The minimum Gasteiger partial charge on any atom is -0.480 e. The second-order valence-electron chi connectivity index (χ2n) is 5.77. The van der Waals surface area contributed by atoms with Crippen molar-refractivity contribution in [2.75, 3.05) is 5.32 Å². The number of nitro groups is 2. The molecule has 0 aromatic heterocycles. The highest BCUT2D eigenvalue weighted by Gasteiger charge is 2.43. The zero-order valence-electron chi connectivity index (χ0n) is 12.6. The van der Waals surface area contributed by atoms with E-state index in [1.54, 1.807) is 0 Å². The molecule has 1 aliphatic rings. The molecule has 1 aliphatic carbocycles. The Morgan fingerprint density at radius 2 is 1.61 bits per heavy atom. The van der Waals surface area contributed by atoms with E-state index in [0.29, 0.717) is 18.4 Å². The minimum atomic E-state index is -1.41. The van der Waals surface area contributed by atoms with Gasteiger partial charge in [-0.1, -0.05) is 19.3 Å². The number of carboxylic acid groups (broad SMARTS) is 1. The smallest absolute Gasteiger partial charge is 0.329 e. The SMILES string of the molecule is Cc1cc([N+](=O)[O-])c(NC2(C(=O)O)CCCCC2)c([N+](=O)[O-])c1. The summed E-state index contributed by atoms with van der Waals surface area (Å²) in [5.41, 5.74) is -2.36. The number of anilines is 1. The van der Waals surface area contributed by atoms with Crippen molar-refractivity contribution in [3.8, 4) is 0 Å². The fourth-order valence-corrected chi connectivity index (χ4v) is 2.95. The lowest BCUT2D eigenvalue weighted by molar-refractivity contribution is -0.392. The lowest BCUT2D eigenvalue weighted by Crippen LogP contribution is -2.48. The van der Waals surface area contributed by atoms with Crippen LogP contribution in [0.5, 0.6) is 0 Å². The standard InChI is InChI=1S/C14H17N3O6/c1-9-7-10(16(20)21)12(11(8-9)17(22)23)15-14(13(18)19)5-3-2-4-6-14/h7-8,15H,2-6H2,1H3,(H,18,19). The number of hydrogen-bond donors (Lipinski definition) is 2. The number of rotatable bonds is 5. The first kappa shape index (κ1) is 16.7. The lowest BCUT2D eigenvalue weighted by atomic mass is 9.81. The van der Waals surface area contributed by atoms with Crippen molar-refractivity contribution in [2.45, 2.75) is 44.6 Å². The van der Waals surface area contributed by atoms with Gasteiger partial charge in [-0.15, -0.1) is 0 Å². The summed E-state index contributed by atoms with van der Waals surface area (Å²) < 4.78 is 0. The lowest BCUT2D eigenvalue weighted by Gasteiger charge is -2.34. The average Bonchev–Trinajstić information content (AvgIpc) is 2.49. The number of benzene rings is 1. The van der Waals surface area contributed by atoms with Crippen molar-refractivity contribution in [3.05, 3.63) is 37.9 Å². The van der Waals surface area contributed by atoms with Crippen LogP contribution >= 0.6 is 0 Å². The molecule has 1 aromatic carbocycles. The van der Waals surface area contributed by atoms with Crippen molar-refractivity contribution in [1.29, 1.82) is 0 Å². The second-order valence-corrected chi connectivity index (χ2v) is 5.77. The van der Waals surface area contributed by atoms with Gasteiger partial charge in [0.1, 0.15) is 5.54 Å². The molecule has 0 bridgehead atoms. The quantitative estimate of drug-likeness (QED) is 0.627. The molecule has 0 spiro atoms. The van der Waals surface area contributed by atoms with Gasteiger partial charge in [0.15, 0.2) is 5.69 Å². The van der Waals surface area contributed by atoms with E-state index in [4.69, 9.17) is 0 Å². The Bertz CT molecular complexity index is 631. The Hall–Kier alpha value is -2.71. The molecule has 0 amide bonds. The maximum absolute atomic E-state index is 11.7. The Labute approximate surface area is 131 Å². The molecular formula is C14H17N3O6. The van der Waals surface area contributed by atoms with Crippen LogP contribution in [-0.2, 0) is 4.79 Å². The molecule has 0 atom stereocenters. The van der Waals surface area contributed by atoms with E-state index < -0.39 is 32.7 Å². The van der Waals surface area contributed by atoms with Crippen molar-refractivity contribution in [3.63, 3.8) is 0 Å².